The van der Waals surface area contributed by atoms with Gasteiger partial charge in [0, 0.05) is 12.0 Å². The van der Waals surface area contributed by atoms with Gasteiger partial charge < -0.3 is 5.73 Å². The summed E-state index contributed by atoms with van der Waals surface area (Å²) in [5, 5.41) is 2.68. The van der Waals surface area contributed by atoms with E-state index in [1.54, 1.807) is 0 Å². The fraction of sp³-hybridized carbons (Fsp3) is 0.476. The van der Waals surface area contributed by atoms with E-state index in [0.717, 1.165) is 25.9 Å². The maximum atomic E-state index is 11.1. The molecule has 1 atom stereocenters. The lowest BCUT2D eigenvalue weighted by Gasteiger charge is -2.48. The number of amides is 1. The molecule has 1 aliphatic heterocycles. The Bertz CT molecular complexity index is 713. The molecule has 2 N–H and O–H groups in total. The zero-order valence-electron chi connectivity index (χ0n) is 15.0. The summed E-state index contributed by atoms with van der Waals surface area (Å²) in [4.78, 5) is 13.7. The van der Waals surface area contributed by atoms with Gasteiger partial charge in [-0.2, -0.15) is 0 Å². The molecule has 2 aromatic rings. The summed E-state index contributed by atoms with van der Waals surface area (Å²) in [7, 11) is 0. The van der Waals surface area contributed by atoms with Crippen LogP contribution < -0.4 is 5.73 Å². The Hall–Kier alpha value is -1.58. The van der Waals surface area contributed by atoms with Gasteiger partial charge in [-0.05, 0) is 61.5 Å². The number of piperidine rings is 1. The number of nitrogens with two attached hydrogens (primary N) is 1. The van der Waals surface area contributed by atoms with Crippen LogP contribution in [-0.2, 0) is 10.3 Å². The second-order valence-electron chi connectivity index (χ2n) is 6.93. The molecule has 4 heteroatoms. The third-order valence-corrected chi connectivity index (χ3v) is 5.60. The Labute approximate surface area is 157 Å². The maximum Gasteiger partial charge on any atom is 0.217 e. The van der Waals surface area contributed by atoms with E-state index in [0.29, 0.717) is 6.42 Å². The highest BCUT2D eigenvalue weighted by Gasteiger charge is 2.39. The van der Waals surface area contributed by atoms with Gasteiger partial charge in [0.15, 0.2) is 0 Å². The van der Waals surface area contributed by atoms with E-state index in [1.807, 2.05) is 0 Å². The highest BCUT2D eigenvalue weighted by molar-refractivity contribution is 5.86. The predicted molar refractivity (Wildman–Crippen MR) is 107 cm³/mol. The lowest BCUT2D eigenvalue weighted by atomic mass is 9.76. The molecule has 0 spiro atoms. The Morgan fingerprint density at radius 2 is 1.92 bits per heavy atom. The highest BCUT2D eigenvalue weighted by Crippen LogP contribution is 2.43. The van der Waals surface area contributed by atoms with Crippen LogP contribution in [0.5, 0.6) is 0 Å². The van der Waals surface area contributed by atoms with Crippen molar-refractivity contribution in [2.45, 2.75) is 51.0 Å². The van der Waals surface area contributed by atoms with Crippen LogP contribution in [0.25, 0.3) is 10.8 Å². The minimum atomic E-state index is -0.195. The van der Waals surface area contributed by atoms with E-state index < -0.39 is 0 Å². The second-order valence-corrected chi connectivity index (χ2v) is 6.93. The number of fused-ring (bicyclic) bond motifs is 1. The van der Waals surface area contributed by atoms with Crippen molar-refractivity contribution in [1.82, 2.24) is 4.90 Å². The van der Waals surface area contributed by atoms with Gasteiger partial charge >= 0.3 is 0 Å². The minimum Gasteiger partial charge on any atom is -0.370 e. The first-order valence-electron chi connectivity index (χ1n) is 9.19. The number of hydrogen-bond donors (Lipinski definition) is 1. The van der Waals surface area contributed by atoms with Gasteiger partial charge in [-0.3, -0.25) is 9.69 Å². The number of likely N-dealkylation sites (tertiary alicyclic amines) is 1. The van der Waals surface area contributed by atoms with Crippen LogP contribution >= 0.6 is 12.4 Å². The number of primary amides is 1. The van der Waals surface area contributed by atoms with E-state index in [4.69, 9.17) is 5.73 Å². The molecule has 1 heterocycles. The monoisotopic (exact) mass is 360 g/mol. The number of benzene rings is 2. The van der Waals surface area contributed by atoms with E-state index in [1.165, 1.54) is 35.6 Å². The summed E-state index contributed by atoms with van der Waals surface area (Å²) in [6.07, 6.45) is 6.12. The van der Waals surface area contributed by atoms with Crippen molar-refractivity contribution in [2.75, 3.05) is 13.1 Å². The van der Waals surface area contributed by atoms with Gasteiger partial charge in [-0.15, -0.1) is 12.4 Å². The Balaban J connectivity index is 0.00000225. The van der Waals surface area contributed by atoms with Crippen molar-refractivity contribution < 1.29 is 4.79 Å². The SMILES string of the molecule is CCC1(c2cccc3ccccc23)CCCCN1CCCC(N)=O.Cl. The molecule has 3 nitrogen and oxygen atoms in total. The number of rotatable bonds is 6. The van der Waals surface area contributed by atoms with E-state index in [2.05, 4.69) is 54.3 Å². The lowest BCUT2D eigenvalue weighted by molar-refractivity contribution is -0.118. The van der Waals surface area contributed by atoms with Crippen LogP contribution in [0.1, 0.15) is 51.0 Å². The number of nitrogens with zero attached hydrogens (tertiary/aromatic N) is 1. The van der Waals surface area contributed by atoms with Gasteiger partial charge in [0.05, 0.1) is 0 Å². The van der Waals surface area contributed by atoms with Gasteiger partial charge in [0.2, 0.25) is 5.91 Å². The largest absolute Gasteiger partial charge is 0.370 e. The summed E-state index contributed by atoms with van der Waals surface area (Å²) in [5.74, 6) is -0.195. The van der Waals surface area contributed by atoms with Gasteiger partial charge in [0.1, 0.15) is 0 Å². The third kappa shape index (κ3) is 3.99. The van der Waals surface area contributed by atoms with Crippen molar-refractivity contribution in [2.24, 2.45) is 5.73 Å². The van der Waals surface area contributed by atoms with Crippen molar-refractivity contribution in [3.8, 4) is 0 Å². The van der Waals surface area contributed by atoms with E-state index in [-0.39, 0.29) is 23.9 Å². The standard InChI is InChI=1S/C21H28N2O.ClH/c1-2-21(14-5-6-15-23(21)16-8-13-20(22)24)19-12-7-10-17-9-3-4-11-18(17)19;/h3-4,7,9-12H,2,5-6,8,13-16H2,1H3,(H2,22,24);1H. The molecular weight excluding hydrogens is 332 g/mol. The molecule has 1 aliphatic rings. The minimum absolute atomic E-state index is 0. The molecular formula is C21H29ClN2O. The second kappa shape index (κ2) is 8.68. The molecule has 0 bridgehead atoms. The van der Waals surface area contributed by atoms with E-state index in [9.17, 15) is 4.79 Å². The molecule has 0 saturated carbocycles. The average Bonchev–Trinajstić information content (AvgIpc) is 2.61. The summed E-state index contributed by atoms with van der Waals surface area (Å²) in [5.41, 5.74) is 6.86. The molecule has 3 rings (SSSR count). The summed E-state index contributed by atoms with van der Waals surface area (Å²) in [6, 6.07) is 15.4. The lowest BCUT2D eigenvalue weighted by Crippen LogP contribution is -2.49. The zero-order valence-corrected chi connectivity index (χ0v) is 15.9. The molecule has 136 valence electrons. The van der Waals surface area contributed by atoms with Crippen molar-refractivity contribution in [1.29, 1.82) is 0 Å². The van der Waals surface area contributed by atoms with Gasteiger partial charge in [-0.1, -0.05) is 49.4 Å². The fourth-order valence-electron chi connectivity index (χ4n) is 4.39. The smallest absolute Gasteiger partial charge is 0.217 e. The van der Waals surface area contributed by atoms with Crippen LogP contribution in [-0.4, -0.2) is 23.9 Å². The summed E-state index contributed by atoms with van der Waals surface area (Å²) in [6.45, 7) is 4.35. The van der Waals surface area contributed by atoms with Crippen molar-refractivity contribution in [3.05, 3.63) is 48.0 Å². The van der Waals surface area contributed by atoms with Crippen molar-refractivity contribution >= 4 is 29.1 Å². The Kier molecular flexibility index (Phi) is 6.86. The molecule has 1 saturated heterocycles. The van der Waals surface area contributed by atoms with Gasteiger partial charge in [0.25, 0.3) is 0 Å². The Morgan fingerprint density at radius 1 is 1.16 bits per heavy atom. The fourth-order valence-corrected chi connectivity index (χ4v) is 4.39. The highest BCUT2D eigenvalue weighted by atomic mass is 35.5. The molecule has 0 radical (unpaired) electrons. The topological polar surface area (TPSA) is 46.3 Å². The maximum absolute atomic E-state index is 11.1. The van der Waals surface area contributed by atoms with Gasteiger partial charge in [-0.25, -0.2) is 0 Å². The van der Waals surface area contributed by atoms with Crippen LogP contribution in [0, 0.1) is 0 Å². The van der Waals surface area contributed by atoms with Crippen LogP contribution in [0.3, 0.4) is 0 Å². The predicted octanol–water partition coefficient (Wildman–Crippen LogP) is 4.62. The van der Waals surface area contributed by atoms with Crippen molar-refractivity contribution in [3.63, 3.8) is 0 Å². The Morgan fingerprint density at radius 3 is 2.68 bits per heavy atom. The third-order valence-electron chi connectivity index (χ3n) is 5.60. The number of carbonyl (C=O) groups excluding carboxylic acids is 1. The normalized spacial score (nSPS) is 21.0. The van der Waals surface area contributed by atoms with Crippen LogP contribution in [0.4, 0.5) is 0 Å². The molecule has 0 aliphatic carbocycles. The van der Waals surface area contributed by atoms with Crippen LogP contribution in [0.15, 0.2) is 42.5 Å². The molecule has 25 heavy (non-hydrogen) atoms. The zero-order chi connectivity index (χ0) is 17.0. The molecule has 0 aromatic heterocycles. The van der Waals surface area contributed by atoms with E-state index >= 15 is 0 Å². The molecule has 1 amide bonds. The quantitative estimate of drug-likeness (QED) is 0.817. The first-order valence-corrected chi connectivity index (χ1v) is 9.19. The first kappa shape index (κ1) is 19.7. The average molecular weight is 361 g/mol. The first-order chi connectivity index (χ1) is 11.7. The summed E-state index contributed by atoms with van der Waals surface area (Å²) >= 11 is 0. The number of carbonyl (C=O) groups is 1. The molecule has 2 aromatic carbocycles. The number of halogens is 1. The van der Waals surface area contributed by atoms with Crippen LogP contribution in [0.2, 0.25) is 0 Å². The molecule has 1 fully saturated rings. The summed E-state index contributed by atoms with van der Waals surface area (Å²) < 4.78 is 0. The molecule has 1 unspecified atom stereocenters. The number of hydrogen-bond acceptors (Lipinski definition) is 2.